The van der Waals surface area contributed by atoms with Crippen LogP contribution in [0.5, 0.6) is 0 Å². The third kappa shape index (κ3) is 4.56. The highest BCUT2D eigenvalue weighted by molar-refractivity contribution is 5.77. The number of nitrogens with zero attached hydrogens (tertiary/aromatic N) is 3. The minimum Gasteiger partial charge on any atom is -0.381 e. The van der Waals surface area contributed by atoms with Crippen molar-refractivity contribution >= 4 is 5.91 Å². The zero-order valence-corrected chi connectivity index (χ0v) is 18.4. The van der Waals surface area contributed by atoms with Gasteiger partial charge in [-0.1, -0.05) is 6.42 Å². The number of hydrogen-bond acceptors (Lipinski definition) is 3. The Morgan fingerprint density at radius 3 is 2.55 bits per heavy atom. The van der Waals surface area contributed by atoms with Gasteiger partial charge in [0.1, 0.15) is 0 Å². The first-order chi connectivity index (χ1) is 14.1. The number of aromatic nitrogens is 1. The summed E-state index contributed by atoms with van der Waals surface area (Å²) in [6, 6.07) is 5.08. The standard InChI is InChI=1S/C24H39N3O2/c1-20(2)27(19-21-8-7-13-25-12-4-3-9-22(21)25)23(28)18-24(10-16-29-17-11-24)26-14-5-6-15-26/h5-6,14-15,20-22H,3-4,7-13,16-19H2,1-2H3/t21-,22+/m0/s1. The molecule has 3 fully saturated rings. The summed E-state index contributed by atoms with van der Waals surface area (Å²) in [6.45, 7) is 9.30. The molecule has 0 saturated carbocycles. The van der Waals surface area contributed by atoms with Gasteiger partial charge in [0.05, 0.1) is 12.0 Å². The molecule has 29 heavy (non-hydrogen) atoms. The average Bonchev–Trinajstić information content (AvgIpc) is 3.28. The maximum Gasteiger partial charge on any atom is 0.225 e. The van der Waals surface area contributed by atoms with Crippen LogP contribution in [-0.4, -0.2) is 65.2 Å². The first-order valence-electron chi connectivity index (χ1n) is 11.8. The third-order valence-corrected chi connectivity index (χ3v) is 7.66. The Bertz CT molecular complexity index is 649. The van der Waals surface area contributed by atoms with Gasteiger partial charge in [0, 0.05) is 44.2 Å². The molecule has 1 aromatic rings. The van der Waals surface area contributed by atoms with E-state index >= 15 is 0 Å². The lowest BCUT2D eigenvalue weighted by atomic mass is 9.82. The van der Waals surface area contributed by atoms with Crippen LogP contribution in [0, 0.1) is 5.92 Å². The Morgan fingerprint density at radius 1 is 1.10 bits per heavy atom. The molecule has 3 saturated heterocycles. The van der Waals surface area contributed by atoms with Crippen LogP contribution >= 0.6 is 0 Å². The van der Waals surface area contributed by atoms with E-state index in [1.165, 1.54) is 45.2 Å². The largest absolute Gasteiger partial charge is 0.381 e. The number of rotatable bonds is 6. The molecule has 0 bridgehead atoms. The van der Waals surface area contributed by atoms with Gasteiger partial charge in [0.15, 0.2) is 0 Å². The molecule has 0 aliphatic carbocycles. The maximum atomic E-state index is 13.6. The van der Waals surface area contributed by atoms with Crippen LogP contribution in [0.1, 0.15) is 65.2 Å². The van der Waals surface area contributed by atoms with Gasteiger partial charge in [-0.15, -0.1) is 0 Å². The minimum atomic E-state index is -0.130. The third-order valence-electron chi connectivity index (χ3n) is 7.66. The molecule has 1 aromatic heterocycles. The Labute approximate surface area is 176 Å². The SMILES string of the molecule is CC(C)N(C[C@@H]1CCCN2CCCC[C@H]12)C(=O)CC1(n2cccc2)CCOCC1. The molecule has 0 aromatic carbocycles. The molecule has 3 aliphatic heterocycles. The van der Waals surface area contributed by atoms with Crippen LogP contribution in [0.25, 0.3) is 0 Å². The van der Waals surface area contributed by atoms with Crippen molar-refractivity contribution in [1.29, 1.82) is 0 Å². The average molecular weight is 402 g/mol. The second kappa shape index (κ2) is 9.22. The summed E-state index contributed by atoms with van der Waals surface area (Å²) in [6.07, 6.45) is 13.2. The fourth-order valence-electron chi connectivity index (χ4n) is 5.95. The molecule has 0 N–H and O–H groups in total. The summed E-state index contributed by atoms with van der Waals surface area (Å²) in [5.41, 5.74) is -0.130. The van der Waals surface area contributed by atoms with E-state index in [0.717, 1.165) is 32.6 Å². The molecular formula is C24H39N3O2. The Balaban J connectivity index is 1.48. The van der Waals surface area contributed by atoms with Gasteiger partial charge in [-0.25, -0.2) is 0 Å². The second-order valence-electron chi connectivity index (χ2n) is 9.75. The van der Waals surface area contributed by atoms with Gasteiger partial charge in [-0.2, -0.15) is 0 Å². The van der Waals surface area contributed by atoms with Gasteiger partial charge in [-0.05, 0) is 83.5 Å². The lowest BCUT2D eigenvalue weighted by molar-refractivity contribution is -0.138. The highest BCUT2D eigenvalue weighted by Gasteiger charge is 2.40. The van der Waals surface area contributed by atoms with E-state index in [1.54, 1.807) is 0 Å². The molecule has 4 rings (SSSR count). The smallest absolute Gasteiger partial charge is 0.225 e. The number of ether oxygens (including phenoxy) is 1. The Morgan fingerprint density at radius 2 is 1.83 bits per heavy atom. The Kier molecular flexibility index (Phi) is 6.65. The van der Waals surface area contributed by atoms with Crippen LogP contribution < -0.4 is 0 Å². The molecule has 0 unspecified atom stereocenters. The van der Waals surface area contributed by atoms with E-state index in [1.807, 2.05) is 0 Å². The van der Waals surface area contributed by atoms with Crippen LogP contribution in [0.4, 0.5) is 0 Å². The van der Waals surface area contributed by atoms with E-state index in [2.05, 4.69) is 52.7 Å². The number of fused-ring (bicyclic) bond motifs is 1. The van der Waals surface area contributed by atoms with Crippen molar-refractivity contribution in [2.75, 3.05) is 32.8 Å². The van der Waals surface area contributed by atoms with Gasteiger partial charge in [-0.3, -0.25) is 4.79 Å². The number of carbonyl (C=O) groups is 1. The zero-order chi connectivity index (χ0) is 20.3. The summed E-state index contributed by atoms with van der Waals surface area (Å²) in [7, 11) is 0. The van der Waals surface area contributed by atoms with Gasteiger partial charge in [0.2, 0.25) is 5.91 Å². The van der Waals surface area contributed by atoms with E-state index in [4.69, 9.17) is 4.74 Å². The molecular weight excluding hydrogens is 362 g/mol. The van der Waals surface area contributed by atoms with Crippen LogP contribution in [0.3, 0.4) is 0 Å². The van der Waals surface area contributed by atoms with Crippen molar-refractivity contribution in [2.24, 2.45) is 5.92 Å². The highest BCUT2D eigenvalue weighted by Crippen LogP contribution is 2.35. The van der Waals surface area contributed by atoms with Crippen LogP contribution in [0.15, 0.2) is 24.5 Å². The minimum absolute atomic E-state index is 0.130. The molecule has 0 spiro atoms. The van der Waals surface area contributed by atoms with Crippen molar-refractivity contribution < 1.29 is 9.53 Å². The topological polar surface area (TPSA) is 37.7 Å². The van der Waals surface area contributed by atoms with Crippen LogP contribution in [-0.2, 0) is 15.1 Å². The summed E-state index contributed by atoms with van der Waals surface area (Å²) in [4.78, 5) is 18.6. The number of piperidine rings is 2. The number of carbonyl (C=O) groups excluding carboxylic acids is 1. The van der Waals surface area contributed by atoms with Gasteiger partial charge >= 0.3 is 0 Å². The normalized spacial score (nSPS) is 27.6. The molecule has 162 valence electrons. The maximum absolute atomic E-state index is 13.6. The predicted octanol–water partition coefficient (Wildman–Crippen LogP) is 3.89. The first kappa shape index (κ1) is 20.9. The fourth-order valence-corrected chi connectivity index (χ4v) is 5.95. The molecule has 0 radical (unpaired) electrons. The van der Waals surface area contributed by atoms with Gasteiger partial charge < -0.3 is 19.1 Å². The molecule has 4 heterocycles. The van der Waals surface area contributed by atoms with E-state index in [9.17, 15) is 4.79 Å². The van der Waals surface area contributed by atoms with E-state index in [0.29, 0.717) is 24.3 Å². The monoisotopic (exact) mass is 401 g/mol. The lowest BCUT2D eigenvalue weighted by Crippen LogP contribution is -2.53. The van der Waals surface area contributed by atoms with E-state index in [-0.39, 0.29) is 11.6 Å². The summed E-state index contributed by atoms with van der Waals surface area (Å²) < 4.78 is 7.92. The quantitative estimate of drug-likeness (QED) is 0.726. The van der Waals surface area contributed by atoms with Crippen LogP contribution in [0.2, 0.25) is 0 Å². The molecule has 2 atom stereocenters. The second-order valence-corrected chi connectivity index (χ2v) is 9.75. The predicted molar refractivity (Wildman–Crippen MR) is 116 cm³/mol. The van der Waals surface area contributed by atoms with Crippen molar-refractivity contribution in [3.8, 4) is 0 Å². The lowest BCUT2D eigenvalue weighted by Gasteiger charge is -2.47. The zero-order valence-electron chi connectivity index (χ0n) is 18.4. The fraction of sp³-hybridized carbons (Fsp3) is 0.792. The first-order valence-corrected chi connectivity index (χ1v) is 11.8. The van der Waals surface area contributed by atoms with Gasteiger partial charge in [0.25, 0.3) is 0 Å². The number of hydrogen-bond donors (Lipinski definition) is 0. The molecule has 5 nitrogen and oxygen atoms in total. The molecule has 1 amide bonds. The van der Waals surface area contributed by atoms with Crippen molar-refractivity contribution in [3.63, 3.8) is 0 Å². The van der Waals surface area contributed by atoms with Crippen molar-refractivity contribution in [1.82, 2.24) is 14.4 Å². The Hall–Kier alpha value is -1.33. The summed E-state index contributed by atoms with van der Waals surface area (Å²) in [5.74, 6) is 0.955. The highest BCUT2D eigenvalue weighted by atomic mass is 16.5. The summed E-state index contributed by atoms with van der Waals surface area (Å²) in [5, 5.41) is 0. The number of amides is 1. The van der Waals surface area contributed by atoms with E-state index < -0.39 is 0 Å². The molecule has 3 aliphatic rings. The summed E-state index contributed by atoms with van der Waals surface area (Å²) >= 11 is 0. The van der Waals surface area contributed by atoms with Crippen molar-refractivity contribution in [3.05, 3.63) is 24.5 Å². The van der Waals surface area contributed by atoms with Crippen molar-refractivity contribution in [2.45, 2.75) is 82.8 Å². The molecule has 5 heteroatoms.